The SMILES string of the molecule is C=CCN(CC=C)C(=O)CN1CCCN(C(=O)[C@@H]2CCCO2)CC1. The van der Waals surface area contributed by atoms with Crippen LogP contribution in [0.1, 0.15) is 19.3 Å². The molecule has 2 amide bonds. The van der Waals surface area contributed by atoms with Crippen molar-refractivity contribution in [1.29, 1.82) is 0 Å². The van der Waals surface area contributed by atoms with Gasteiger partial charge < -0.3 is 14.5 Å². The lowest BCUT2D eigenvalue weighted by Gasteiger charge is -2.26. The normalized spacial score (nSPS) is 22.0. The summed E-state index contributed by atoms with van der Waals surface area (Å²) in [6, 6.07) is 0. The fourth-order valence-corrected chi connectivity index (χ4v) is 3.21. The minimum Gasteiger partial charge on any atom is -0.368 e. The number of hydrogen-bond donors (Lipinski definition) is 0. The second-order valence-electron chi connectivity index (χ2n) is 6.33. The largest absolute Gasteiger partial charge is 0.368 e. The van der Waals surface area contributed by atoms with Gasteiger partial charge in [-0.3, -0.25) is 14.5 Å². The summed E-state index contributed by atoms with van der Waals surface area (Å²) in [7, 11) is 0. The first kappa shape index (κ1) is 18.7. The lowest BCUT2D eigenvalue weighted by Crippen LogP contribution is -2.43. The molecule has 0 unspecified atom stereocenters. The van der Waals surface area contributed by atoms with Crippen molar-refractivity contribution in [3.63, 3.8) is 0 Å². The van der Waals surface area contributed by atoms with Crippen LogP contribution in [0.4, 0.5) is 0 Å². The van der Waals surface area contributed by atoms with Gasteiger partial charge >= 0.3 is 0 Å². The Bertz CT molecular complexity index is 450. The average molecular weight is 335 g/mol. The summed E-state index contributed by atoms with van der Waals surface area (Å²) in [4.78, 5) is 30.6. The van der Waals surface area contributed by atoms with Gasteiger partial charge in [-0.1, -0.05) is 12.2 Å². The van der Waals surface area contributed by atoms with Crippen LogP contribution < -0.4 is 0 Å². The summed E-state index contributed by atoms with van der Waals surface area (Å²) in [6.45, 7) is 12.5. The fraction of sp³-hybridized carbons (Fsp3) is 0.667. The van der Waals surface area contributed by atoms with Crippen molar-refractivity contribution in [2.45, 2.75) is 25.4 Å². The fourth-order valence-electron chi connectivity index (χ4n) is 3.21. The molecule has 0 aromatic heterocycles. The van der Waals surface area contributed by atoms with Gasteiger partial charge in [-0.2, -0.15) is 0 Å². The average Bonchev–Trinajstić information content (AvgIpc) is 3.01. The molecule has 1 atom stereocenters. The zero-order chi connectivity index (χ0) is 17.4. The molecule has 2 aliphatic rings. The summed E-state index contributed by atoms with van der Waals surface area (Å²) in [5.41, 5.74) is 0. The number of carbonyl (C=O) groups is 2. The standard InChI is InChI=1S/C18H29N3O3/c1-3-8-20(9-4-2)17(22)15-19-10-6-11-21(13-12-19)18(23)16-7-5-14-24-16/h3-4,16H,1-2,5-15H2/t16-/m0/s1. The maximum atomic E-state index is 12.4. The Morgan fingerprint density at radius 2 is 1.83 bits per heavy atom. The molecule has 134 valence electrons. The minimum absolute atomic E-state index is 0.0775. The zero-order valence-corrected chi connectivity index (χ0v) is 14.5. The molecule has 2 aliphatic heterocycles. The van der Waals surface area contributed by atoms with Gasteiger partial charge in [-0.15, -0.1) is 13.2 Å². The molecular weight excluding hydrogens is 306 g/mol. The van der Waals surface area contributed by atoms with E-state index in [1.54, 1.807) is 17.1 Å². The highest BCUT2D eigenvalue weighted by Gasteiger charge is 2.29. The second-order valence-corrected chi connectivity index (χ2v) is 6.33. The Morgan fingerprint density at radius 3 is 2.46 bits per heavy atom. The van der Waals surface area contributed by atoms with Gasteiger partial charge in [-0.25, -0.2) is 0 Å². The van der Waals surface area contributed by atoms with Crippen LogP contribution in [0.2, 0.25) is 0 Å². The number of nitrogens with zero attached hydrogens (tertiary/aromatic N) is 3. The number of amides is 2. The van der Waals surface area contributed by atoms with Crippen LogP contribution in [-0.4, -0.2) is 85.0 Å². The molecule has 0 aliphatic carbocycles. The van der Waals surface area contributed by atoms with E-state index in [2.05, 4.69) is 18.1 Å². The molecule has 2 saturated heterocycles. The number of carbonyl (C=O) groups excluding carboxylic acids is 2. The highest BCUT2D eigenvalue weighted by Crippen LogP contribution is 2.16. The van der Waals surface area contributed by atoms with E-state index < -0.39 is 0 Å². The number of hydrogen-bond acceptors (Lipinski definition) is 4. The van der Waals surface area contributed by atoms with Crippen molar-refractivity contribution in [1.82, 2.24) is 14.7 Å². The third-order valence-electron chi connectivity index (χ3n) is 4.52. The molecule has 0 bridgehead atoms. The summed E-state index contributed by atoms with van der Waals surface area (Å²) in [6.07, 6.45) is 5.88. The van der Waals surface area contributed by atoms with E-state index in [0.29, 0.717) is 32.8 Å². The molecule has 0 N–H and O–H groups in total. The maximum Gasteiger partial charge on any atom is 0.251 e. The van der Waals surface area contributed by atoms with Gasteiger partial charge in [-0.05, 0) is 19.3 Å². The van der Waals surface area contributed by atoms with Crippen molar-refractivity contribution in [3.05, 3.63) is 25.3 Å². The molecule has 6 heteroatoms. The highest BCUT2D eigenvalue weighted by atomic mass is 16.5. The number of rotatable bonds is 7. The van der Waals surface area contributed by atoms with Crippen molar-refractivity contribution in [2.75, 3.05) is 52.4 Å². The molecule has 2 fully saturated rings. The maximum absolute atomic E-state index is 12.4. The van der Waals surface area contributed by atoms with E-state index in [4.69, 9.17) is 4.74 Å². The van der Waals surface area contributed by atoms with Crippen molar-refractivity contribution in [2.24, 2.45) is 0 Å². The number of ether oxygens (including phenoxy) is 1. The summed E-state index contributed by atoms with van der Waals surface area (Å²) >= 11 is 0. The second kappa shape index (κ2) is 9.59. The Hall–Kier alpha value is -1.66. The van der Waals surface area contributed by atoms with Gasteiger partial charge in [0.2, 0.25) is 5.91 Å². The van der Waals surface area contributed by atoms with Crippen LogP contribution in [0, 0.1) is 0 Å². The molecule has 0 aromatic carbocycles. The van der Waals surface area contributed by atoms with Gasteiger partial charge in [0.15, 0.2) is 0 Å². The molecule has 6 nitrogen and oxygen atoms in total. The van der Waals surface area contributed by atoms with Crippen LogP contribution in [0.5, 0.6) is 0 Å². The smallest absolute Gasteiger partial charge is 0.251 e. The van der Waals surface area contributed by atoms with Crippen LogP contribution in [-0.2, 0) is 14.3 Å². The van der Waals surface area contributed by atoms with Crippen molar-refractivity contribution < 1.29 is 14.3 Å². The van der Waals surface area contributed by atoms with Gasteiger partial charge in [0.25, 0.3) is 5.91 Å². The van der Waals surface area contributed by atoms with E-state index >= 15 is 0 Å². The summed E-state index contributed by atoms with van der Waals surface area (Å²) in [5.74, 6) is 0.189. The predicted octanol–water partition coefficient (Wildman–Crippen LogP) is 0.900. The third kappa shape index (κ3) is 5.18. The lowest BCUT2D eigenvalue weighted by molar-refractivity contribution is -0.140. The molecular formula is C18H29N3O3. The zero-order valence-electron chi connectivity index (χ0n) is 14.5. The van der Waals surface area contributed by atoms with Gasteiger partial charge in [0.05, 0.1) is 6.54 Å². The third-order valence-corrected chi connectivity index (χ3v) is 4.52. The quantitative estimate of drug-likeness (QED) is 0.649. The Kier molecular flexibility index (Phi) is 7.46. The first-order valence-corrected chi connectivity index (χ1v) is 8.78. The molecule has 0 spiro atoms. The first-order valence-electron chi connectivity index (χ1n) is 8.78. The molecule has 0 radical (unpaired) electrons. The Balaban J connectivity index is 1.83. The van der Waals surface area contributed by atoms with Gasteiger partial charge in [0, 0.05) is 45.9 Å². The summed E-state index contributed by atoms with van der Waals surface area (Å²) < 4.78 is 5.50. The van der Waals surface area contributed by atoms with Crippen LogP contribution in [0.15, 0.2) is 25.3 Å². The molecule has 2 rings (SSSR count). The summed E-state index contributed by atoms with van der Waals surface area (Å²) in [5, 5.41) is 0. The van der Waals surface area contributed by atoms with E-state index in [1.165, 1.54) is 0 Å². The van der Waals surface area contributed by atoms with Crippen LogP contribution >= 0.6 is 0 Å². The first-order chi connectivity index (χ1) is 11.7. The van der Waals surface area contributed by atoms with E-state index in [0.717, 1.165) is 38.9 Å². The van der Waals surface area contributed by atoms with E-state index in [-0.39, 0.29) is 17.9 Å². The lowest BCUT2D eigenvalue weighted by atomic mass is 10.2. The van der Waals surface area contributed by atoms with Gasteiger partial charge in [0.1, 0.15) is 6.10 Å². The van der Waals surface area contributed by atoms with E-state index in [1.807, 2.05) is 4.90 Å². The van der Waals surface area contributed by atoms with Crippen molar-refractivity contribution in [3.8, 4) is 0 Å². The molecule has 2 heterocycles. The monoisotopic (exact) mass is 335 g/mol. The molecule has 0 saturated carbocycles. The molecule has 0 aromatic rings. The van der Waals surface area contributed by atoms with E-state index in [9.17, 15) is 9.59 Å². The van der Waals surface area contributed by atoms with Crippen molar-refractivity contribution >= 4 is 11.8 Å². The Labute approximate surface area is 144 Å². The topological polar surface area (TPSA) is 53.1 Å². The van der Waals surface area contributed by atoms with Crippen LogP contribution in [0.25, 0.3) is 0 Å². The highest BCUT2D eigenvalue weighted by molar-refractivity contribution is 5.81. The molecule has 24 heavy (non-hydrogen) atoms. The predicted molar refractivity (Wildman–Crippen MR) is 93.6 cm³/mol. The van der Waals surface area contributed by atoms with Crippen LogP contribution in [0.3, 0.4) is 0 Å². The Morgan fingerprint density at radius 1 is 1.08 bits per heavy atom. The minimum atomic E-state index is -0.256.